The van der Waals surface area contributed by atoms with Gasteiger partial charge in [0.2, 0.25) is 0 Å². The third-order valence-electron chi connectivity index (χ3n) is 7.00. The Kier molecular flexibility index (Phi) is 16.0. The van der Waals surface area contributed by atoms with E-state index in [1.165, 1.54) is 37.4 Å². The summed E-state index contributed by atoms with van der Waals surface area (Å²) in [5.74, 6) is -0.475. The van der Waals surface area contributed by atoms with E-state index in [9.17, 15) is 4.79 Å². The third-order valence-corrected chi connectivity index (χ3v) is 12.8. The number of hydrogen-bond donors (Lipinski definition) is 0. The largest absolute Gasteiger partial charge is 2.00 e. The Labute approximate surface area is 303 Å². The predicted octanol–water partition coefficient (Wildman–Crippen LogP) is 7.62. The topological polar surface area (TPSA) is 26.3 Å². The van der Waals surface area contributed by atoms with Crippen LogP contribution >= 0.6 is 15.8 Å². The molecule has 6 aromatic carbocycles. The van der Waals surface area contributed by atoms with Crippen molar-refractivity contribution < 1.29 is 30.0 Å². The van der Waals surface area contributed by atoms with E-state index in [1.807, 2.05) is 31.2 Å². The summed E-state index contributed by atoms with van der Waals surface area (Å²) in [4.78, 5) is 10.1. The van der Waals surface area contributed by atoms with Gasteiger partial charge in [-0.1, -0.05) is 91.9 Å². The molecule has 0 N–H and O–H groups in total. The Morgan fingerprint density at radius 2 is 0.854 bits per heavy atom. The molecule has 0 fully saturated rings. The Bertz CT molecular complexity index is 1580. The van der Waals surface area contributed by atoms with Gasteiger partial charge in [0.1, 0.15) is 53.3 Å². The van der Waals surface area contributed by atoms with Gasteiger partial charge in [0.25, 0.3) is 0 Å². The predicted molar refractivity (Wildman–Crippen MR) is 208 cm³/mol. The van der Waals surface area contributed by atoms with Crippen molar-refractivity contribution >= 4 is 53.6 Å². The molecule has 0 bridgehead atoms. The van der Waals surface area contributed by atoms with Crippen molar-refractivity contribution in [1.29, 1.82) is 0 Å². The van der Waals surface area contributed by atoms with Crippen LogP contribution in [0.4, 0.5) is 0 Å². The van der Waals surface area contributed by atoms with Gasteiger partial charge < -0.3 is 4.74 Å². The van der Waals surface area contributed by atoms with Crippen LogP contribution in [0.1, 0.15) is 26.3 Å². The average molecular weight is 761 g/mol. The van der Waals surface area contributed by atoms with Gasteiger partial charge in [-0.05, 0) is 81.4 Å². The monoisotopic (exact) mass is 760 g/mol. The molecule has 6 aromatic rings. The fourth-order valence-electron chi connectivity index (χ4n) is 5.12. The summed E-state index contributed by atoms with van der Waals surface area (Å²) < 4.78 is 4.69. The first-order valence-electron chi connectivity index (χ1n) is 15.8. The van der Waals surface area contributed by atoms with E-state index in [-0.39, 0.29) is 20.4 Å². The van der Waals surface area contributed by atoms with E-state index < -0.39 is 27.4 Å². The van der Waals surface area contributed by atoms with E-state index in [4.69, 9.17) is 0 Å². The molecule has 6 rings (SSSR count). The maximum atomic E-state index is 10.1. The molecule has 0 unspecified atom stereocenters. The van der Waals surface area contributed by atoms with E-state index in [2.05, 4.69) is 163 Å². The molecule has 5 heteroatoms. The molecule has 0 radical (unpaired) electrons. The average Bonchev–Trinajstić information content (AvgIpc) is 3.08. The zero-order valence-electron chi connectivity index (χ0n) is 28.0. The van der Waals surface area contributed by atoms with Crippen molar-refractivity contribution in [2.75, 3.05) is 0 Å². The number of hydrogen-bond acceptors (Lipinski definition) is 2. The molecule has 0 saturated heterocycles. The minimum absolute atomic E-state index is 0. The molecular weight excluding hydrogens is 717 g/mol. The van der Waals surface area contributed by atoms with Crippen LogP contribution in [-0.4, -0.2) is 11.6 Å². The van der Waals surface area contributed by atoms with Gasteiger partial charge in [-0.3, -0.25) is 11.7 Å². The molecule has 48 heavy (non-hydrogen) atoms. The van der Waals surface area contributed by atoms with Crippen molar-refractivity contribution in [3.05, 3.63) is 188 Å². The van der Waals surface area contributed by atoms with Crippen LogP contribution in [0.25, 0.3) is 0 Å². The number of benzene rings is 6. The van der Waals surface area contributed by atoms with Crippen LogP contribution in [0.5, 0.6) is 0 Å². The molecule has 0 aliphatic heterocycles. The fourth-order valence-corrected chi connectivity index (χ4v) is 11.1. The number of rotatable bonds is 6. The summed E-state index contributed by atoms with van der Waals surface area (Å²) in [7, 11) is -2.28. The SMILES string of the molecule is Cc1[c-]cccc1.[CH2-]C(=O)OC(C)(C)C.[Pd+2].c1ccc([PH+](c2ccccc2)c2ccccc2[PH+](c2ccccc2)c2ccccc2)cc1. The third kappa shape index (κ3) is 12.3. The van der Waals surface area contributed by atoms with Crippen molar-refractivity contribution in [3.63, 3.8) is 0 Å². The van der Waals surface area contributed by atoms with Crippen LogP contribution in [0.3, 0.4) is 0 Å². The Morgan fingerprint density at radius 3 is 1.06 bits per heavy atom. The summed E-state index contributed by atoms with van der Waals surface area (Å²) in [6.45, 7) is 10.5. The molecule has 0 atom stereocenters. The molecule has 0 spiro atoms. The number of carbonyl (C=O) groups excluding carboxylic acids is 1. The van der Waals surface area contributed by atoms with Gasteiger partial charge >= 0.3 is 20.4 Å². The number of esters is 1. The van der Waals surface area contributed by atoms with E-state index in [0.717, 1.165) is 0 Å². The van der Waals surface area contributed by atoms with Crippen molar-refractivity contribution in [1.82, 2.24) is 0 Å². The molecule has 0 heterocycles. The first-order valence-corrected chi connectivity index (χ1v) is 18.8. The number of aryl methyl sites for hydroxylation is 1. The normalized spacial score (nSPS) is 10.5. The summed E-state index contributed by atoms with van der Waals surface area (Å²) in [6.07, 6.45) is 0. The zero-order valence-corrected chi connectivity index (χ0v) is 31.6. The second kappa shape index (κ2) is 19.9. The number of ether oxygens (including phenoxy) is 1. The van der Waals surface area contributed by atoms with Crippen molar-refractivity contribution in [3.8, 4) is 0 Å². The summed E-state index contributed by atoms with van der Waals surface area (Å²) >= 11 is 0. The number of carbonyl (C=O) groups is 1. The van der Waals surface area contributed by atoms with Crippen LogP contribution in [-0.2, 0) is 30.0 Å². The Balaban J connectivity index is 0.000000324. The summed E-state index contributed by atoms with van der Waals surface area (Å²) in [6, 6.07) is 64.4. The Hall–Kier alpha value is -3.82. The smallest absolute Gasteiger partial charge is 0.483 e. The maximum Gasteiger partial charge on any atom is 2.00 e. The van der Waals surface area contributed by atoms with Crippen molar-refractivity contribution in [2.24, 2.45) is 0 Å². The quantitative estimate of drug-likeness (QED) is 0.0757. The molecular formula is C43H44O2P2Pd+2. The van der Waals surface area contributed by atoms with Gasteiger partial charge in [-0.25, -0.2) is 0 Å². The van der Waals surface area contributed by atoms with Gasteiger partial charge in [0, 0.05) is 0 Å². The fraction of sp³-hybridized carbons (Fsp3) is 0.116. The molecule has 0 saturated carbocycles. The minimum Gasteiger partial charge on any atom is -0.483 e. The second-order valence-corrected chi connectivity index (χ2v) is 16.8. The van der Waals surface area contributed by atoms with Gasteiger partial charge in [-0.2, -0.15) is 35.9 Å². The van der Waals surface area contributed by atoms with Crippen molar-refractivity contribution in [2.45, 2.75) is 33.3 Å². The molecule has 0 aromatic heterocycles. The van der Waals surface area contributed by atoms with E-state index >= 15 is 0 Å². The molecule has 0 amide bonds. The zero-order chi connectivity index (χ0) is 33.5. The summed E-state index contributed by atoms with van der Waals surface area (Å²) in [5.41, 5.74) is 0.807. The van der Waals surface area contributed by atoms with Crippen LogP contribution in [0.15, 0.2) is 170 Å². The van der Waals surface area contributed by atoms with E-state index in [0.29, 0.717) is 0 Å². The van der Waals surface area contributed by atoms with Crippen LogP contribution in [0.2, 0.25) is 0 Å². The molecule has 2 nitrogen and oxygen atoms in total. The first kappa shape index (κ1) is 38.6. The standard InChI is InChI=1S/C30H24P2.C7H7.C6H11O2.Pd/c1-5-15-25(16-6-1)31(26-17-7-2-8-18-26)29-23-13-14-24-30(29)32(27-19-9-3-10-20-27)28-21-11-4-12-22-28;1-7-5-3-2-4-6-7;1-5(7)8-6(2,3)4;/h1-24H;2-5H,1H3;1H2,2-4H3;/q;2*-1;+2/p+2. The van der Waals surface area contributed by atoms with Gasteiger partial charge in [0.15, 0.2) is 5.97 Å². The summed E-state index contributed by atoms with van der Waals surface area (Å²) in [5, 5.41) is 8.71. The van der Waals surface area contributed by atoms with Gasteiger partial charge in [0.05, 0.1) is 0 Å². The van der Waals surface area contributed by atoms with E-state index in [1.54, 1.807) is 20.8 Å². The Morgan fingerprint density at radius 1 is 0.542 bits per heavy atom. The van der Waals surface area contributed by atoms with Crippen LogP contribution < -0.4 is 31.8 Å². The molecule has 0 aliphatic rings. The second-order valence-electron chi connectivity index (χ2n) is 11.9. The minimum atomic E-state index is -1.14. The molecule has 0 aliphatic carbocycles. The maximum absolute atomic E-state index is 10.1. The first-order chi connectivity index (χ1) is 22.7. The molecule has 246 valence electrons. The van der Waals surface area contributed by atoms with Crippen LogP contribution in [0, 0.1) is 19.9 Å². The van der Waals surface area contributed by atoms with Gasteiger partial charge in [-0.15, -0.1) is 0 Å².